The van der Waals surface area contributed by atoms with Gasteiger partial charge < -0.3 is 8.98 Å². The van der Waals surface area contributed by atoms with Gasteiger partial charge in [-0.1, -0.05) is 36.4 Å². The summed E-state index contributed by atoms with van der Waals surface area (Å²) in [7, 11) is 0. The molecule has 0 saturated heterocycles. The van der Waals surface area contributed by atoms with Gasteiger partial charge in [-0.25, -0.2) is 0 Å². The Balaban J connectivity index is 1.79. The molecule has 6 rings (SSSR count). The molecule has 26 heavy (non-hydrogen) atoms. The third kappa shape index (κ3) is 1.87. The Labute approximate surface area is 151 Å². The highest BCUT2D eigenvalue weighted by Gasteiger charge is 2.22. The molecule has 0 N–H and O–H groups in total. The maximum atomic E-state index is 6.16. The Hall–Kier alpha value is -3.00. The molecule has 2 heterocycles. The smallest absolute Gasteiger partial charge is 0.136 e. The number of hydrogen-bond donors (Lipinski definition) is 0. The Kier molecular flexibility index (Phi) is 2.87. The summed E-state index contributed by atoms with van der Waals surface area (Å²) in [5.41, 5.74) is 7.52. The summed E-state index contributed by atoms with van der Waals surface area (Å²) >= 11 is 0. The first-order valence-corrected chi connectivity index (χ1v) is 9.43. The van der Waals surface area contributed by atoms with Crippen molar-refractivity contribution in [2.45, 2.75) is 25.7 Å². The molecule has 3 aromatic carbocycles. The number of aromatic nitrogens is 1. The molecular weight excluding hydrogens is 318 g/mol. The molecule has 0 atom stereocenters. The number of fused-ring (bicyclic) bond motifs is 6. The number of aryl methyl sites for hydroxylation is 1. The lowest BCUT2D eigenvalue weighted by Gasteiger charge is -2.16. The van der Waals surface area contributed by atoms with E-state index in [1.165, 1.54) is 51.5 Å². The summed E-state index contributed by atoms with van der Waals surface area (Å²) in [4.78, 5) is 0. The molecule has 1 aliphatic carbocycles. The van der Waals surface area contributed by atoms with E-state index in [1.54, 1.807) is 0 Å². The molecule has 0 aliphatic heterocycles. The number of rotatable bonds is 1. The van der Waals surface area contributed by atoms with Gasteiger partial charge in [0.25, 0.3) is 0 Å². The van der Waals surface area contributed by atoms with Gasteiger partial charge >= 0.3 is 0 Å². The third-order valence-electron chi connectivity index (χ3n) is 5.78. The van der Waals surface area contributed by atoms with Crippen LogP contribution < -0.4 is 0 Å². The average molecular weight is 337 g/mol. The van der Waals surface area contributed by atoms with Crippen LogP contribution in [-0.2, 0) is 12.8 Å². The quantitative estimate of drug-likeness (QED) is 0.346. The van der Waals surface area contributed by atoms with Gasteiger partial charge in [0.1, 0.15) is 11.2 Å². The van der Waals surface area contributed by atoms with Crippen molar-refractivity contribution in [1.29, 1.82) is 0 Å². The summed E-state index contributed by atoms with van der Waals surface area (Å²) in [5.74, 6) is 0. The number of para-hydroxylation sites is 2. The summed E-state index contributed by atoms with van der Waals surface area (Å²) < 4.78 is 8.63. The van der Waals surface area contributed by atoms with E-state index in [2.05, 4.69) is 65.2 Å². The number of nitrogens with zero attached hydrogens (tertiary/aromatic N) is 1. The minimum Gasteiger partial charge on any atom is -0.456 e. The standard InChI is InChI=1S/C24H19NO/c1-2-8-16(9-3-1)25-21-12-6-4-10-17(21)19-15-24-20(14-22(19)25)18-11-5-7-13-23(18)26-24/h1-3,5,7-9,11,13-15H,4,6,10,12H2. The van der Waals surface area contributed by atoms with Crippen molar-refractivity contribution >= 4 is 32.8 Å². The Bertz CT molecular complexity index is 1270. The largest absolute Gasteiger partial charge is 0.456 e. The van der Waals surface area contributed by atoms with Crippen LogP contribution in [0, 0.1) is 0 Å². The second-order valence-electron chi connectivity index (χ2n) is 7.27. The highest BCUT2D eigenvalue weighted by molar-refractivity contribution is 6.10. The fourth-order valence-electron chi connectivity index (χ4n) is 4.63. The fraction of sp³-hybridized carbons (Fsp3) is 0.167. The molecule has 0 spiro atoms. The average Bonchev–Trinajstić information content (AvgIpc) is 3.22. The lowest BCUT2D eigenvalue weighted by molar-refractivity contribution is 0.666. The highest BCUT2D eigenvalue weighted by Crippen LogP contribution is 2.39. The van der Waals surface area contributed by atoms with E-state index in [0.717, 1.165) is 24.0 Å². The van der Waals surface area contributed by atoms with Crippen LogP contribution in [0.15, 0.2) is 71.1 Å². The zero-order valence-corrected chi connectivity index (χ0v) is 14.5. The van der Waals surface area contributed by atoms with Crippen molar-refractivity contribution in [2.24, 2.45) is 0 Å². The second kappa shape index (κ2) is 5.25. The predicted molar refractivity (Wildman–Crippen MR) is 107 cm³/mol. The minimum absolute atomic E-state index is 0.968. The molecule has 0 amide bonds. The van der Waals surface area contributed by atoms with Gasteiger partial charge in [0.15, 0.2) is 0 Å². The van der Waals surface area contributed by atoms with E-state index in [4.69, 9.17) is 4.42 Å². The van der Waals surface area contributed by atoms with Gasteiger partial charge in [0.2, 0.25) is 0 Å². The first-order chi connectivity index (χ1) is 12.9. The maximum absolute atomic E-state index is 6.16. The van der Waals surface area contributed by atoms with Crippen molar-refractivity contribution in [3.05, 3.63) is 78.0 Å². The van der Waals surface area contributed by atoms with Gasteiger partial charge in [-0.15, -0.1) is 0 Å². The van der Waals surface area contributed by atoms with Crippen molar-refractivity contribution < 1.29 is 4.42 Å². The van der Waals surface area contributed by atoms with Gasteiger partial charge in [-0.3, -0.25) is 0 Å². The van der Waals surface area contributed by atoms with E-state index in [-0.39, 0.29) is 0 Å². The van der Waals surface area contributed by atoms with E-state index < -0.39 is 0 Å². The number of hydrogen-bond acceptors (Lipinski definition) is 1. The van der Waals surface area contributed by atoms with Crippen molar-refractivity contribution in [1.82, 2.24) is 4.57 Å². The van der Waals surface area contributed by atoms with Gasteiger partial charge in [-0.2, -0.15) is 0 Å². The summed E-state index contributed by atoms with van der Waals surface area (Å²) in [6.45, 7) is 0. The van der Waals surface area contributed by atoms with E-state index in [9.17, 15) is 0 Å². The van der Waals surface area contributed by atoms with Crippen LogP contribution in [-0.4, -0.2) is 4.57 Å². The van der Waals surface area contributed by atoms with Crippen molar-refractivity contribution in [3.63, 3.8) is 0 Å². The third-order valence-corrected chi connectivity index (χ3v) is 5.78. The topological polar surface area (TPSA) is 18.1 Å². The van der Waals surface area contributed by atoms with Crippen molar-refractivity contribution in [2.75, 3.05) is 0 Å². The molecule has 1 aliphatic rings. The van der Waals surface area contributed by atoms with E-state index in [1.807, 2.05) is 6.07 Å². The molecule has 5 aromatic rings. The highest BCUT2D eigenvalue weighted by atomic mass is 16.3. The normalized spacial score (nSPS) is 14.3. The Morgan fingerprint density at radius 1 is 0.692 bits per heavy atom. The molecule has 0 unspecified atom stereocenters. The van der Waals surface area contributed by atoms with Crippen LogP contribution in [0.25, 0.3) is 38.5 Å². The van der Waals surface area contributed by atoms with Crippen LogP contribution >= 0.6 is 0 Å². The van der Waals surface area contributed by atoms with Crippen LogP contribution in [0.1, 0.15) is 24.1 Å². The molecule has 0 bridgehead atoms. The zero-order valence-electron chi connectivity index (χ0n) is 14.5. The molecule has 0 saturated carbocycles. The maximum Gasteiger partial charge on any atom is 0.136 e. The predicted octanol–water partition coefficient (Wildman–Crippen LogP) is 6.41. The van der Waals surface area contributed by atoms with Crippen LogP contribution in [0.5, 0.6) is 0 Å². The first-order valence-electron chi connectivity index (χ1n) is 9.43. The first kappa shape index (κ1) is 14.2. The van der Waals surface area contributed by atoms with Gasteiger partial charge in [-0.05, 0) is 61.6 Å². The molecule has 0 fully saturated rings. The molecule has 126 valence electrons. The van der Waals surface area contributed by atoms with Gasteiger partial charge in [0.05, 0.1) is 5.52 Å². The van der Waals surface area contributed by atoms with E-state index in [0.29, 0.717) is 0 Å². The fourth-order valence-corrected chi connectivity index (χ4v) is 4.63. The summed E-state index contributed by atoms with van der Waals surface area (Å²) in [6, 6.07) is 23.7. The van der Waals surface area contributed by atoms with Crippen molar-refractivity contribution in [3.8, 4) is 5.69 Å². The van der Waals surface area contributed by atoms with Crippen LogP contribution in [0.2, 0.25) is 0 Å². The molecule has 2 heteroatoms. The lowest BCUT2D eigenvalue weighted by atomic mass is 9.95. The van der Waals surface area contributed by atoms with Gasteiger partial charge in [0, 0.05) is 27.5 Å². The monoisotopic (exact) mass is 337 g/mol. The summed E-state index contributed by atoms with van der Waals surface area (Å²) in [6.07, 6.45) is 4.87. The van der Waals surface area contributed by atoms with E-state index >= 15 is 0 Å². The number of furan rings is 1. The summed E-state index contributed by atoms with van der Waals surface area (Å²) in [5, 5.41) is 3.76. The molecule has 0 radical (unpaired) electrons. The number of benzene rings is 3. The second-order valence-corrected chi connectivity index (χ2v) is 7.27. The Morgan fingerprint density at radius 3 is 2.42 bits per heavy atom. The Morgan fingerprint density at radius 2 is 1.50 bits per heavy atom. The molecule has 2 nitrogen and oxygen atoms in total. The molecule has 2 aromatic heterocycles. The van der Waals surface area contributed by atoms with Crippen LogP contribution in [0.3, 0.4) is 0 Å². The molecular formula is C24H19NO. The lowest BCUT2D eigenvalue weighted by Crippen LogP contribution is -2.06. The minimum atomic E-state index is 0.968. The SMILES string of the molecule is c1ccc(-n2c3c(c4cc5oc6ccccc6c5cc42)CCCC3)cc1. The zero-order chi connectivity index (χ0) is 17.1. The van der Waals surface area contributed by atoms with Crippen LogP contribution in [0.4, 0.5) is 0 Å².